The summed E-state index contributed by atoms with van der Waals surface area (Å²) in [5.74, 6) is -0.214. The molecule has 0 bridgehead atoms. The summed E-state index contributed by atoms with van der Waals surface area (Å²) >= 11 is 0. The molecular formula is C21H43N3O8. The number of aliphatic hydroxyl groups excluding tert-OH is 2. The van der Waals surface area contributed by atoms with Crippen LogP contribution in [0.3, 0.4) is 0 Å². The fourth-order valence-electron chi connectivity index (χ4n) is 2.47. The lowest BCUT2D eigenvalue weighted by Crippen LogP contribution is -2.42. The van der Waals surface area contributed by atoms with E-state index in [4.69, 9.17) is 24.4 Å². The molecule has 0 saturated heterocycles. The number of rotatable bonds is 15. The van der Waals surface area contributed by atoms with Gasteiger partial charge in [0.1, 0.15) is 6.61 Å². The lowest BCUT2D eigenvalue weighted by atomic mass is 9.89. The van der Waals surface area contributed by atoms with Crippen LogP contribution in [-0.4, -0.2) is 84.6 Å². The molecule has 0 aromatic carbocycles. The highest BCUT2D eigenvalue weighted by Crippen LogP contribution is 2.25. The number of carbonyl (C=O) groups excluding carboxylic acids is 2. The monoisotopic (exact) mass is 465 g/mol. The number of aliphatic hydroxyl groups is 3. The Hall–Kier alpha value is -1.50. The van der Waals surface area contributed by atoms with Crippen molar-refractivity contribution in [2.75, 3.05) is 32.8 Å². The highest BCUT2D eigenvalue weighted by atomic mass is 16.7. The van der Waals surface area contributed by atoms with Crippen LogP contribution in [-0.2, 0) is 19.0 Å². The summed E-state index contributed by atoms with van der Waals surface area (Å²) < 4.78 is 16.8. The molecule has 0 aliphatic heterocycles. The standard InChI is InChI=1S/C21H43N3O8/c1-20(2,3)15(13-25)31-17(32-21(4,5)6)14-30-19(29)24-12-9-16(26)22-10-7-8-11-23-18(27)28/h15,17-18,23,25,27-28H,7-14H2,1-6H3,(H,22,26)(H,24,29). The molecule has 0 aliphatic carbocycles. The first-order chi connectivity index (χ1) is 14.7. The van der Waals surface area contributed by atoms with Gasteiger partial charge in [0, 0.05) is 19.5 Å². The maximum Gasteiger partial charge on any atom is 0.407 e. The Balaban J connectivity index is 4.25. The second kappa shape index (κ2) is 15.4. The van der Waals surface area contributed by atoms with Crippen molar-refractivity contribution in [2.45, 2.75) is 85.2 Å². The van der Waals surface area contributed by atoms with E-state index in [2.05, 4.69) is 16.0 Å². The van der Waals surface area contributed by atoms with Gasteiger partial charge in [-0.3, -0.25) is 10.1 Å². The van der Waals surface area contributed by atoms with Crippen molar-refractivity contribution in [1.82, 2.24) is 16.0 Å². The summed E-state index contributed by atoms with van der Waals surface area (Å²) in [6.45, 7) is 11.9. The Kier molecular flexibility index (Phi) is 14.6. The van der Waals surface area contributed by atoms with Crippen molar-refractivity contribution >= 4 is 12.0 Å². The fraction of sp³-hybridized carbons (Fsp3) is 0.905. The minimum absolute atomic E-state index is 0.0950. The Morgan fingerprint density at radius 2 is 1.56 bits per heavy atom. The van der Waals surface area contributed by atoms with E-state index in [-0.39, 0.29) is 37.5 Å². The van der Waals surface area contributed by atoms with Gasteiger partial charge in [0.25, 0.3) is 0 Å². The molecule has 0 spiro atoms. The van der Waals surface area contributed by atoms with Crippen molar-refractivity contribution in [2.24, 2.45) is 5.41 Å². The third-order valence-electron chi connectivity index (χ3n) is 4.16. The van der Waals surface area contributed by atoms with E-state index in [1.54, 1.807) is 0 Å². The number of ether oxygens (including phenoxy) is 3. The van der Waals surface area contributed by atoms with E-state index in [0.29, 0.717) is 25.9 Å². The smallest absolute Gasteiger partial charge is 0.407 e. The first kappa shape index (κ1) is 30.5. The van der Waals surface area contributed by atoms with Gasteiger partial charge < -0.3 is 40.2 Å². The van der Waals surface area contributed by atoms with Crippen LogP contribution in [0.25, 0.3) is 0 Å². The van der Waals surface area contributed by atoms with E-state index in [9.17, 15) is 14.7 Å². The summed E-state index contributed by atoms with van der Waals surface area (Å²) in [7, 11) is 0. The summed E-state index contributed by atoms with van der Waals surface area (Å²) in [5, 5.41) is 34.6. The molecule has 2 atom stereocenters. The molecule has 190 valence electrons. The molecule has 32 heavy (non-hydrogen) atoms. The van der Waals surface area contributed by atoms with E-state index in [1.807, 2.05) is 41.5 Å². The summed E-state index contributed by atoms with van der Waals surface area (Å²) in [6, 6.07) is 0. The van der Waals surface area contributed by atoms with Crippen LogP contribution in [0.15, 0.2) is 0 Å². The predicted molar refractivity (Wildman–Crippen MR) is 118 cm³/mol. The van der Waals surface area contributed by atoms with Crippen LogP contribution >= 0.6 is 0 Å². The lowest BCUT2D eigenvalue weighted by molar-refractivity contribution is -0.247. The Morgan fingerprint density at radius 1 is 0.938 bits per heavy atom. The Labute approximate surface area is 191 Å². The van der Waals surface area contributed by atoms with Crippen LogP contribution < -0.4 is 16.0 Å². The van der Waals surface area contributed by atoms with Gasteiger partial charge >= 0.3 is 6.09 Å². The van der Waals surface area contributed by atoms with Crippen LogP contribution in [0, 0.1) is 5.41 Å². The molecule has 0 aliphatic rings. The highest BCUT2D eigenvalue weighted by molar-refractivity contribution is 5.76. The van der Waals surface area contributed by atoms with Gasteiger partial charge in [0.05, 0.1) is 18.3 Å². The normalized spacial score (nSPS) is 14.2. The third kappa shape index (κ3) is 17.1. The fourth-order valence-corrected chi connectivity index (χ4v) is 2.47. The number of unbranched alkanes of at least 4 members (excludes halogenated alkanes) is 1. The van der Waals surface area contributed by atoms with E-state index >= 15 is 0 Å². The zero-order valence-electron chi connectivity index (χ0n) is 20.3. The molecule has 0 aromatic rings. The molecule has 11 heteroatoms. The lowest BCUT2D eigenvalue weighted by Gasteiger charge is -2.35. The third-order valence-corrected chi connectivity index (χ3v) is 4.16. The SMILES string of the molecule is CC(C)(C)OC(COC(=O)NCCC(=O)NCCCCNC(O)O)OC(CO)C(C)(C)C. The van der Waals surface area contributed by atoms with Crippen LogP contribution in [0.1, 0.15) is 60.8 Å². The molecule has 0 saturated carbocycles. The van der Waals surface area contributed by atoms with Gasteiger partial charge in [-0.1, -0.05) is 20.8 Å². The van der Waals surface area contributed by atoms with Gasteiger partial charge in [-0.2, -0.15) is 0 Å². The molecule has 2 amide bonds. The van der Waals surface area contributed by atoms with Crippen molar-refractivity contribution < 1.29 is 39.1 Å². The summed E-state index contributed by atoms with van der Waals surface area (Å²) in [5.41, 5.74) is -0.880. The molecule has 11 nitrogen and oxygen atoms in total. The van der Waals surface area contributed by atoms with Crippen LogP contribution in [0.4, 0.5) is 4.79 Å². The van der Waals surface area contributed by atoms with Gasteiger partial charge in [-0.15, -0.1) is 0 Å². The van der Waals surface area contributed by atoms with Crippen molar-refractivity contribution in [3.63, 3.8) is 0 Å². The van der Waals surface area contributed by atoms with E-state index < -0.39 is 30.5 Å². The average molecular weight is 466 g/mol. The molecule has 0 heterocycles. The van der Waals surface area contributed by atoms with Crippen molar-refractivity contribution in [3.05, 3.63) is 0 Å². The molecule has 2 unspecified atom stereocenters. The second-order valence-electron chi connectivity index (χ2n) is 9.49. The first-order valence-electron chi connectivity index (χ1n) is 11.0. The Bertz CT molecular complexity index is 532. The number of amides is 2. The average Bonchev–Trinajstić information content (AvgIpc) is 2.64. The topological polar surface area (TPSA) is 159 Å². The second-order valence-corrected chi connectivity index (χ2v) is 9.49. The Morgan fingerprint density at radius 3 is 2.09 bits per heavy atom. The first-order valence-corrected chi connectivity index (χ1v) is 11.0. The quantitative estimate of drug-likeness (QED) is 0.149. The molecule has 6 N–H and O–H groups in total. The van der Waals surface area contributed by atoms with Gasteiger partial charge in [-0.05, 0) is 45.6 Å². The number of hydrogen-bond donors (Lipinski definition) is 6. The predicted octanol–water partition coefficient (Wildman–Crippen LogP) is 0.422. The zero-order chi connectivity index (χ0) is 24.8. The molecule has 0 rings (SSSR count). The van der Waals surface area contributed by atoms with Gasteiger partial charge in [0.15, 0.2) is 6.29 Å². The van der Waals surface area contributed by atoms with Gasteiger partial charge in [-0.25, -0.2) is 4.79 Å². The maximum atomic E-state index is 12.0. The maximum absolute atomic E-state index is 12.0. The molecule has 0 fully saturated rings. The van der Waals surface area contributed by atoms with Crippen LogP contribution in [0.2, 0.25) is 0 Å². The zero-order valence-corrected chi connectivity index (χ0v) is 20.3. The summed E-state index contributed by atoms with van der Waals surface area (Å²) in [6.07, 6.45) is -2.15. The van der Waals surface area contributed by atoms with E-state index in [0.717, 1.165) is 0 Å². The highest BCUT2D eigenvalue weighted by Gasteiger charge is 2.30. The molecule has 0 radical (unpaired) electrons. The molecular weight excluding hydrogens is 422 g/mol. The number of hydrogen-bond acceptors (Lipinski definition) is 9. The number of nitrogens with one attached hydrogen (secondary N) is 3. The van der Waals surface area contributed by atoms with Crippen molar-refractivity contribution in [3.8, 4) is 0 Å². The summed E-state index contributed by atoms with van der Waals surface area (Å²) in [4.78, 5) is 23.7. The van der Waals surface area contributed by atoms with Crippen molar-refractivity contribution in [1.29, 1.82) is 0 Å². The van der Waals surface area contributed by atoms with Crippen LogP contribution in [0.5, 0.6) is 0 Å². The minimum atomic E-state index is -1.54. The van der Waals surface area contributed by atoms with Gasteiger partial charge in [0.2, 0.25) is 12.3 Å². The number of alkyl carbamates (subject to hydrolysis) is 1. The van der Waals surface area contributed by atoms with E-state index in [1.165, 1.54) is 0 Å². The largest absolute Gasteiger partial charge is 0.444 e. The molecule has 0 aromatic heterocycles. The number of carbonyl (C=O) groups is 2. The minimum Gasteiger partial charge on any atom is -0.444 e.